The summed E-state index contributed by atoms with van der Waals surface area (Å²) in [6.07, 6.45) is 2.54. The van der Waals surface area contributed by atoms with Crippen molar-refractivity contribution < 1.29 is 14.7 Å². The molecule has 6 nitrogen and oxygen atoms in total. The first kappa shape index (κ1) is 16.1. The Kier molecular flexibility index (Phi) is 5.45. The fourth-order valence-corrected chi connectivity index (χ4v) is 3.32. The van der Waals surface area contributed by atoms with Crippen molar-refractivity contribution in [3.63, 3.8) is 0 Å². The highest BCUT2D eigenvalue weighted by atomic mass is 16.4. The standard InChI is InChI=1S/C15H27N3O3/c1-3-17-6-5-12(10-17)9-16-15(21)18-7-4-11(2)8-13(18)14(19)20/h11-13H,3-10H2,1-2H3,(H,16,21)(H,19,20). The maximum absolute atomic E-state index is 12.3. The van der Waals surface area contributed by atoms with Crippen molar-refractivity contribution in [2.24, 2.45) is 11.8 Å². The van der Waals surface area contributed by atoms with E-state index in [1.807, 2.05) is 6.92 Å². The van der Waals surface area contributed by atoms with Crippen LogP contribution in [0.25, 0.3) is 0 Å². The molecule has 2 fully saturated rings. The van der Waals surface area contributed by atoms with E-state index in [0.29, 0.717) is 31.3 Å². The van der Waals surface area contributed by atoms with E-state index in [1.165, 1.54) is 4.90 Å². The molecule has 2 heterocycles. The number of urea groups is 1. The van der Waals surface area contributed by atoms with Gasteiger partial charge in [-0.15, -0.1) is 0 Å². The smallest absolute Gasteiger partial charge is 0.326 e. The van der Waals surface area contributed by atoms with Crippen molar-refractivity contribution in [2.45, 2.75) is 39.2 Å². The van der Waals surface area contributed by atoms with Crippen molar-refractivity contribution in [3.8, 4) is 0 Å². The van der Waals surface area contributed by atoms with Crippen LogP contribution in [0.3, 0.4) is 0 Å². The first-order chi connectivity index (χ1) is 10.0. The van der Waals surface area contributed by atoms with E-state index in [-0.39, 0.29) is 6.03 Å². The third-order valence-electron chi connectivity index (χ3n) is 4.77. The Bertz CT molecular complexity index is 388. The molecule has 0 aromatic carbocycles. The molecule has 0 saturated carbocycles. The van der Waals surface area contributed by atoms with E-state index in [2.05, 4.69) is 17.1 Å². The van der Waals surface area contributed by atoms with E-state index in [9.17, 15) is 14.7 Å². The van der Waals surface area contributed by atoms with Crippen molar-refractivity contribution in [3.05, 3.63) is 0 Å². The molecular formula is C15H27N3O3. The summed E-state index contributed by atoms with van der Waals surface area (Å²) in [5.74, 6) is -0.0429. The molecule has 2 rings (SSSR count). The zero-order valence-corrected chi connectivity index (χ0v) is 13.0. The minimum Gasteiger partial charge on any atom is -0.480 e. The van der Waals surface area contributed by atoms with Crippen LogP contribution >= 0.6 is 0 Å². The number of carbonyl (C=O) groups excluding carboxylic acids is 1. The lowest BCUT2D eigenvalue weighted by molar-refractivity contribution is -0.143. The van der Waals surface area contributed by atoms with Crippen LogP contribution in [0.5, 0.6) is 0 Å². The minimum atomic E-state index is -0.894. The lowest BCUT2D eigenvalue weighted by Crippen LogP contribution is -2.53. The van der Waals surface area contributed by atoms with Gasteiger partial charge in [-0.05, 0) is 44.2 Å². The lowest BCUT2D eigenvalue weighted by atomic mass is 9.93. The van der Waals surface area contributed by atoms with Crippen LogP contribution in [0.15, 0.2) is 0 Å². The molecule has 0 aromatic heterocycles. The predicted octanol–water partition coefficient (Wildman–Crippen LogP) is 1.22. The second kappa shape index (κ2) is 7.11. The summed E-state index contributed by atoms with van der Waals surface area (Å²) in [5.41, 5.74) is 0. The first-order valence-electron chi connectivity index (χ1n) is 8.00. The van der Waals surface area contributed by atoms with Crippen molar-refractivity contribution in [2.75, 3.05) is 32.7 Å². The van der Waals surface area contributed by atoms with Gasteiger partial charge in [-0.2, -0.15) is 0 Å². The summed E-state index contributed by atoms with van der Waals surface area (Å²) in [6, 6.07) is -0.895. The number of amides is 2. The van der Waals surface area contributed by atoms with Gasteiger partial charge in [0.1, 0.15) is 6.04 Å². The molecule has 0 aliphatic carbocycles. The van der Waals surface area contributed by atoms with E-state index < -0.39 is 12.0 Å². The van der Waals surface area contributed by atoms with Crippen molar-refractivity contribution >= 4 is 12.0 Å². The fourth-order valence-electron chi connectivity index (χ4n) is 3.32. The number of carboxylic acid groups (broad SMARTS) is 1. The summed E-state index contributed by atoms with van der Waals surface area (Å²) in [6.45, 7) is 8.54. The zero-order chi connectivity index (χ0) is 15.4. The van der Waals surface area contributed by atoms with E-state index in [0.717, 1.165) is 32.5 Å². The number of carboxylic acids is 1. The van der Waals surface area contributed by atoms with Crippen LogP contribution < -0.4 is 5.32 Å². The van der Waals surface area contributed by atoms with E-state index in [1.54, 1.807) is 0 Å². The van der Waals surface area contributed by atoms with Gasteiger partial charge in [0.25, 0.3) is 0 Å². The summed E-state index contributed by atoms with van der Waals surface area (Å²) < 4.78 is 0. The Morgan fingerprint density at radius 1 is 1.29 bits per heavy atom. The molecular weight excluding hydrogens is 270 g/mol. The molecule has 3 atom stereocenters. The number of hydrogen-bond donors (Lipinski definition) is 2. The Hall–Kier alpha value is -1.30. The second-order valence-corrected chi connectivity index (χ2v) is 6.41. The van der Waals surface area contributed by atoms with Gasteiger partial charge in [-0.3, -0.25) is 0 Å². The van der Waals surface area contributed by atoms with Crippen LogP contribution in [-0.4, -0.2) is 65.7 Å². The third kappa shape index (κ3) is 4.09. The van der Waals surface area contributed by atoms with Crippen molar-refractivity contribution in [1.29, 1.82) is 0 Å². The molecule has 2 aliphatic heterocycles. The molecule has 2 amide bonds. The molecule has 3 unspecified atom stereocenters. The number of rotatable bonds is 4. The lowest BCUT2D eigenvalue weighted by Gasteiger charge is -2.36. The molecule has 120 valence electrons. The van der Waals surface area contributed by atoms with Gasteiger partial charge >= 0.3 is 12.0 Å². The molecule has 0 spiro atoms. The van der Waals surface area contributed by atoms with Crippen molar-refractivity contribution in [1.82, 2.24) is 15.1 Å². The number of hydrogen-bond acceptors (Lipinski definition) is 3. The molecule has 0 aromatic rings. The van der Waals surface area contributed by atoms with Gasteiger partial charge in [0.05, 0.1) is 0 Å². The van der Waals surface area contributed by atoms with Gasteiger partial charge in [-0.25, -0.2) is 9.59 Å². The molecule has 21 heavy (non-hydrogen) atoms. The summed E-state index contributed by atoms with van der Waals surface area (Å²) in [4.78, 5) is 27.5. The maximum atomic E-state index is 12.3. The normalized spacial score (nSPS) is 30.4. The Labute approximate surface area is 126 Å². The Morgan fingerprint density at radius 3 is 2.67 bits per heavy atom. The van der Waals surface area contributed by atoms with Crippen LogP contribution in [0, 0.1) is 11.8 Å². The highest BCUT2D eigenvalue weighted by Gasteiger charge is 2.35. The first-order valence-corrected chi connectivity index (χ1v) is 8.00. The van der Waals surface area contributed by atoms with Crippen LogP contribution in [0.2, 0.25) is 0 Å². The van der Waals surface area contributed by atoms with Gasteiger partial charge in [0.15, 0.2) is 0 Å². The second-order valence-electron chi connectivity index (χ2n) is 6.41. The highest BCUT2D eigenvalue weighted by Crippen LogP contribution is 2.23. The van der Waals surface area contributed by atoms with Gasteiger partial charge in [-0.1, -0.05) is 13.8 Å². The largest absolute Gasteiger partial charge is 0.480 e. The number of nitrogens with zero attached hydrogens (tertiary/aromatic N) is 2. The van der Waals surface area contributed by atoms with Crippen LogP contribution in [0.4, 0.5) is 4.79 Å². The topological polar surface area (TPSA) is 72.9 Å². The number of piperidine rings is 1. The van der Waals surface area contributed by atoms with Crippen LogP contribution in [-0.2, 0) is 4.79 Å². The fraction of sp³-hybridized carbons (Fsp3) is 0.867. The van der Waals surface area contributed by atoms with Gasteiger partial charge in [0.2, 0.25) is 0 Å². The molecule has 0 bridgehead atoms. The summed E-state index contributed by atoms with van der Waals surface area (Å²) >= 11 is 0. The highest BCUT2D eigenvalue weighted by molar-refractivity contribution is 5.82. The Morgan fingerprint density at radius 2 is 2.05 bits per heavy atom. The third-order valence-corrected chi connectivity index (χ3v) is 4.77. The predicted molar refractivity (Wildman–Crippen MR) is 80.1 cm³/mol. The summed E-state index contributed by atoms with van der Waals surface area (Å²) in [5, 5.41) is 12.2. The Balaban J connectivity index is 1.83. The van der Waals surface area contributed by atoms with Gasteiger partial charge < -0.3 is 20.2 Å². The number of likely N-dealkylation sites (tertiary alicyclic amines) is 2. The molecule has 6 heteroatoms. The molecule has 2 aliphatic rings. The molecule has 0 radical (unpaired) electrons. The van der Waals surface area contributed by atoms with Crippen LogP contribution in [0.1, 0.15) is 33.1 Å². The summed E-state index contributed by atoms with van der Waals surface area (Å²) in [7, 11) is 0. The number of aliphatic carboxylic acids is 1. The van der Waals surface area contributed by atoms with E-state index >= 15 is 0 Å². The quantitative estimate of drug-likeness (QED) is 0.818. The number of nitrogens with one attached hydrogen (secondary N) is 1. The van der Waals surface area contributed by atoms with E-state index in [4.69, 9.17) is 0 Å². The monoisotopic (exact) mass is 297 g/mol. The SMILES string of the molecule is CCN1CCC(CNC(=O)N2CCC(C)CC2C(=O)O)C1. The number of carbonyl (C=O) groups is 2. The average molecular weight is 297 g/mol. The van der Waals surface area contributed by atoms with Gasteiger partial charge in [0, 0.05) is 19.6 Å². The zero-order valence-electron chi connectivity index (χ0n) is 13.0. The maximum Gasteiger partial charge on any atom is 0.326 e. The average Bonchev–Trinajstić information content (AvgIpc) is 2.92. The minimum absolute atomic E-state index is 0.218. The molecule has 2 saturated heterocycles. The molecule has 2 N–H and O–H groups in total.